The number of halogens is 1. The molecule has 2 N–H and O–H groups in total. The summed E-state index contributed by atoms with van der Waals surface area (Å²) in [7, 11) is 0. The van der Waals surface area contributed by atoms with Crippen LogP contribution in [0.1, 0.15) is 72.6 Å². The molecule has 0 heterocycles. The molecule has 0 aromatic heterocycles. The molecular formula is C22H35FN2O2. The normalized spacial score (nSPS) is 35.7. The van der Waals surface area contributed by atoms with Crippen LogP contribution >= 0.6 is 0 Å². The highest BCUT2D eigenvalue weighted by Gasteiger charge is 2.31. The number of allylic oxidation sites excluding steroid dienone is 3. The van der Waals surface area contributed by atoms with Crippen LogP contribution in [0.3, 0.4) is 0 Å². The smallest absolute Gasteiger partial charge is 0.227 e. The molecule has 1 fully saturated rings. The van der Waals surface area contributed by atoms with Crippen LogP contribution in [-0.2, 0) is 9.59 Å². The Labute approximate surface area is 163 Å². The van der Waals surface area contributed by atoms with E-state index in [1.807, 2.05) is 13.8 Å². The van der Waals surface area contributed by atoms with Crippen molar-refractivity contribution in [2.75, 3.05) is 0 Å². The van der Waals surface area contributed by atoms with Gasteiger partial charge in [0.2, 0.25) is 11.8 Å². The van der Waals surface area contributed by atoms with Gasteiger partial charge in [-0.25, -0.2) is 4.39 Å². The standard InChI is InChI=1S/C22H35FN2O2/c1-5-6-21(26)25-20-13-15(3)11-17(9-10-19(20)23)24-22(27)18-12-14(2)7-8-16(18)4/h9-10,14-16,18,20H,5-8,11-13H2,1-4H3,(H,24,27)(H,25,26)/b17-9+,19-10+/t14?,15?,16?,18-,20?/m0/s1. The SMILES string of the molecule is CCCC(=O)NC1CC(C)C/C(NC(=O)[C@H]2CC(C)CCC2C)=C\C=C/1F. The van der Waals surface area contributed by atoms with Gasteiger partial charge in [-0.15, -0.1) is 0 Å². The molecule has 4 nitrogen and oxygen atoms in total. The predicted octanol–water partition coefficient (Wildman–Crippen LogP) is 4.63. The summed E-state index contributed by atoms with van der Waals surface area (Å²) in [6, 6.07) is -0.577. The summed E-state index contributed by atoms with van der Waals surface area (Å²) >= 11 is 0. The molecule has 2 aliphatic rings. The van der Waals surface area contributed by atoms with E-state index in [4.69, 9.17) is 0 Å². The van der Waals surface area contributed by atoms with Crippen molar-refractivity contribution in [3.05, 3.63) is 23.7 Å². The molecule has 0 saturated heterocycles. The van der Waals surface area contributed by atoms with E-state index in [-0.39, 0.29) is 29.5 Å². The van der Waals surface area contributed by atoms with Crippen LogP contribution < -0.4 is 10.6 Å². The highest BCUT2D eigenvalue weighted by molar-refractivity contribution is 5.81. The van der Waals surface area contributed by atoms with Gasteiger partial charge in [0.05, 0.1) is 6.04 Å². The molecule has 152 valence electrons. The summed E-state index contributed by atoms with van der Waals surface area (Å²) in [5, 5.41) is 5.84. The number of nitrogens with one attached hydrogen (secondary N) is 2. The topological polar surface area (TPSA) is 58.2 Å². The average molecular weight is 379 g/mol. The lowest BCUT2D eigenvalue weighted by Crippen LogP contribution is -2.39. The minimum atomic E-state index is -0.577. The Hall–Kier alpha value is -1.65. The molecule has 0 aliphatic heterocycles. The second-order valence-electron chi connectivity index (χ2n) is 8.65. The number of carbonyl (C=O) groups is 2. The first-order valence-electron chi connectivity index (χ1n) is 10.5. The molecule has 5 atom stereocenters. The Morgan fingerprint density at radius 1 is 1.11 bits per heavy atom. The molecule has 5 heteroatoms. The third-order valence-electron chi connectivity index (χ3n) is 5.87. The maximum Gasteiger partial charge on any atom is 0.227 e. The van der Waals surface area contributed by atoms with Gasteiger partial charge in [-0.1, -0.05) is 34.1 Å². The van der Waals surface area contributed by atoms with Gasteiger partial charge >= 0.3 is 0 Å². The molecule has 0 aromatic carbocycles. The van der Waals surface area contributed by atoms with Crippen molar-refractivity contribution in [3.8, 4) is 0 Å². The third-order valence-corrected chi connectivity index (χ3v) is 5.87. The fraction of sp³-hybridized carbons (Fsp3) is 0.727. The number of carbonyl (C=O) groups excluding carboxylic acids is 2. The lowest BCUT2D eigenvalue weighted by atomic mass is 9.75. The fourth-order valence-electron chi connectivity index (χ4n) is 4.20. The Morgan fingerprint density at radius 2 is 1.85 bits per heavy atom. The maximum atomic E-state index is 14.5. The summed E-state index contributed by atoms with van der Waals surface area (Å²) in [6.45, 7) is 8.31. The lowest BCUT2D eigenvalue weighted by molar-refractivity contribution is -0.127. The molecule has 2 amide bonds. The van der Waals surface area contributed by atoms with E-state index < -0.39 is 6.04 Å². The molecule has 0 bridgehead atoms. The van der Waals surface area contributed by atoms with Gasteiger partial charge in [0.15, 0.2) is 0 Å². The first-order valence-corrected chi connectivity index (χ1v) is 10.5. The Bertz CT molecular complexity index is 599. The zero-order chi connectivity index (χ0) is 20.0. The van der Waals surface area contributed by atoms with E-state index in [1.54, 1.807) is 6.08 Å². The molecule has 2 aliphatic carbocycles. The van der Waals surface area contributed by atoms with E-state index in [9.17, 15) is 14.0 Å². The number of rotatable bonds is 5. The van der Waals surface area contributed by atoms with E-state index in [0.29, 0.717) is 31.1 Å². The van der Waals surface area contributed by atoms with E-state index >= 15 is 0 Å². The van der Waals surface area contributed by atoms with Crippen LogP contribution in [0.5, 0.6) is 0 Å². The number of amides is 2. The molecule has 4 unspecified atom stereocenters. The fourth-order valence-corrected chi connectivity index (χ4v) is 4.20. The van der Waals surface area contributed by atoms with Gasteiger partial charge < -0.3 is 10.6 Å². The van der Waals surface area contributed by atoms with Crippen molar-refractivity contribution in [2.24, 2.45) is 23.7 Å². The van der Waals surface area contributed by atoms with Crippen LogP contribution in [0.4, 0.5) is 4.39 Å². The van der Waals surface area contributed by atoms with Gasteiger partial charge in [-0.3, -0.25) is 9.59 Å². The zero-order valence-corrected chi connectivity index (χ0v) is 17.2. The predicted molar refractivity (Wildman–Crippen MR) is 106 cm³/mol. The third kappa shape index (κ3) is 6.47. The Balaban J connectivity index is 2.05. The second kappa shape index (κ2) is 10.0. The van der Waals surface area contributed by atoms with Gasteiger partial charge in [-0.2, -0.15) is 0 Å². The molecule has 1 saturated carbocycles. The largest absolute Gasteiger partial charge is 0.347 e. The van der Waals surface area contributed by atoms with Crippen molar-refractivity contribution in [1.82, 2.24) is 10.6 Å². The van der Waals surface area contributed by atoms with Crippen molar-refractivity contribution >= 4 is 11.8 Å². The monoisotopic (exact) mass is 378 g/mol. The van der Waals surface area contributed by atoms with Crippen LogP contribution in [-0.4, -0.2) is 17.9 Å². The number of hydrogen-bond donors (Lipinski definition) is 2. The van der Waals surface area contributed by atoms with E-state index in [2.05, 4.69) is 24.5 Å². The second-order valence-corrected chi connectivity index (χ2v) is 8.65. The van der Waals surface area contributed by atoms with Crippen molar-refractivity contribution in [3.63, 3.8) is 0 Å². The van der Waals surface area contributed by atoms with Crippen LogP contribution in [0.15, 0.2) is 23.7 Å². The minimum absolute atomic E-state index is 0.0327. The quantitative estimate of drug-likeness (QED) is 0.733. The van der Waals surface area contributed by atoms with Gasteiger partial charge in [0.25, 0.3) is 0 Å². The van der Waals surface area contributed by atoms with Crippen molar-refractivity contribution in [2.45, 2.75) is 78.7 Å². The molecule has 0 aromatic rings. The van der Waals surface area contributed by atoms with Crippen molar-refractivity contribution < 1.29 is 14.0 Å². The van der Waals surface area contributed by atoms with Gasteiger partial charge in [-0.05, 0) is 62.0 Å². The number of hydrogen-bond acceptors (Lipinski definition) is 2. The highest BCUT2D eigenvalue weighted by atomic mass is 19.1. The minimum Gasteiger partial charge on any atom is -0.347 e. The molecule has 2 rings (SSSR count). The van der Waals surface area contributed by atoms with Crippen LogP contribution in [0.25, 0.3) is 0 Å². The van der Waals surface area contributed by atoms with Gasteiger partial charge in [0.1, 0.15) is 5.83 Å². The summed E-state index contributed by atoms with van der Waals surface area (Å²) in [5.41, 5.74) is 0.770. The molecule has 27 heavy (non-hydrogen) atoms. The molecule has 0 spiro atoms. The summed E-state index contributed by atoms with van der Waals surface area (Å²) < 4.78 is 14.5. The first-order chi connectivity index (χ1) is 12.8. The van der Waals surface area contributed by atoms with Crippen LogP contribution in [0.2, 0.25) is 0 Å². The van der Waals surface area contributed by atoms with E-state index in [0.717, 1.165) is 25.0 Å². The Morgan fingerprint density at radius 3 is 2.56 bits per heavy atom. The Kier molecular flexibility index (Phi) is 8.06. The van der Waals surface area contributed by atoms with Crippen LogP contribution in [0, 0.1) is 23.7 Å². The lowest BCUT2D eigenvalue weighted by Gasteiger charge is -2.32. The average Bonchev–Trinajstić information content (AvgIpc) is 2.60. The van der Waals surface area contributed by atoms with E-state index in [1.165, 1.54) is 12.5 Å². The van der Waals surface area contributed by atoms with Gasteiger partial charge in [0, 0.05) is 18.0 Å². The highest BCUT2D eigenvalue weighted by Crippen LogP contribution is 2.34. The molecular weight excluding hydrogens is 343 g/mol. The maximum absolute atomic E-state index is 14.5. The summed E-state index contributed by atoms with van der Waals surface area (Å²) in [4.78, 5) is 24.6. The molecule has 0 radical (unpaired) electrons. The summed E-state index contributed by atoms with van der Waals surface area (Å²) in [5.74, 6) is 0.755. The van der Waals surface area contributed by atoms with Crippen molar-refractivity contribution in [1.29, 1.82) is 0 Å². The summed E-state index contributed by atoms with van der Waals surface area (Å²) in [6.07, 6.45) is 8.61. The first kappa shape index (κ1) is 21.6. The zero-order valence-electron chi connectivity index (χ0n) is 17.2.